The van der Waals surface area contributed by atoms with E-state index in [1.54, 1.807) is 6.07 Å². The summed E-state index contributed by atoms with van der Waals surface area (Å²) < 4.78 is 16.6. The lowest BCUT2D eigenvalue weighted by Crippen LogP contribution is -2.06. The Kier molecular flexibility index (Phi) is 9.66. The first-order valence-electron chi connectivity index (χ1n) is 8.57. The van der Waals surface area contributed by atoms with E-state index < -0.39 is 6.72 Å². The number of hydrogen-bond acceptors (Lipinski definition) is 8. The van der Waals surface area contributed by atoms with E-state index in [0.717, 1.165) is 11.5 Å². The van der Waals surface area contributed by atoms with Crippen molar-refractivity contribution in [2.45, 2.75) is 40.5 Å². The highest BCUT2D eigenvalue weighted by atomic mass is 32.5. The third kappa shape index (κ3) is 8.67. The standard InChI is InChI=1S/C12H21N2O3PS.C6H4O2/c1-6-15-18(19,16-7-2)17-11-8-10(5)13-12(14-11)9(3)4;7-5-1-2-6(8)4-3-5/h8-9H,6-7H2,1-5H3;1-4H. The van der Waals surface area contributed by atoms with E-state index in [0.29, 0.717) is 19.1 Å². The second-order valence-corrected chi connectivity index (χ2v) is 8.64. The molecule has 9 heteroatoms. The predicted molar refractivity (Wildman–Crippen MR) is 107 cm³/mol. The van der Waals surface area contributed by atoms with Crippen LogP contribution in [0, 0.1) is 6.92 Å². The largest absolute Gasteiger partial charge is 0.406 e. The second-order valence-electron chi connectivity index (χ2n) is 5.71. The van der Waals surface area contributed by atoms with Crippen molar-refractivity contribution < 1.29 is 23.2 Å². The normalized spacial score (nSPS) is 13.6. The molecule has 1 aliphatic rings. The van der Waals surface area contributed by atoms with Crippen molar-refractivity contribution in [1.29, 1.82) is 0 Å². The third-order valence-electron chi connectivity index (χ3n) is 2.97. The number of carbonyl (C=O) groups is 2. The van der Waals surface area contributed by atoms with Crippen LogP contribution in [-0.4, -0.2) is 34.7 Å². The minimum atomic E-state index is -2.77. The molecule has 0 spiro atoms. The molecule has 0 saturated carbocycles. The number of hydrogen-bond donors (Lipinski definition) is 0. The van der Waals surface area contributed by atoms with Gasteiger partial charge >= 0.3 is 6.72 Å². The van der Waals surface area contributed by atoms with Gasteiger partial charge in [0.05, 0.1) is 13.2 Å². The maximum atomic E-state index is 10.3. The zero-order chi connectivity index (χ0) is 20.4. The summed E-state index contributed by atoms with van der Waals surface area (Å²) in [6.45, 7) is 7.78. The van der Waals surface area contributed by atoms with Crippen LogP contribution in [0.2, 0.25) is 0 Å². The van der Waals surface area contributed by atoms with Crippen LogP contribution < -0.4 is 4.52 Å². The molecule has 0 radical (unpaired) electrons. The SMILES string of the molecule is CCOP(=S)(OCC)Oc1cc(C)nc(C(C)C)n1.O=C1C=CC(=O)C=C1. The summed E-state index contributed by atoms with van der Waals surface area (Å²) in [7, 11) is 0. The number of nitrogens with zero attached hydrogens (tertiary/aromatic N) is 2. The number of rotatable bonds is 7. The summed E-state index contributed by atoms with van der Waals surface area (Å²) in [5, 5.41) is 0. The number of carbonyl (C=O) groups excluding carboxylic acids is 2. The van der Waals surface area contributed by atoms with Crippen molar-refractivity contribution >= 4 is 30.1 Å². The van der Waals surface area contributed by atoms with Gasteiger partial charge < -0.3 is 4.52 Å². The summed E-state index contributed by atoms with van der Waals surface area (Å²) in [5.41, 5.74) is 0.836. The molecule has 27 heavy (non-hydrogen) atoms. The van der Waals surface area contributed by atoms with Crippen molar-refractivity contribution in [3.05, 3.63) is 41.9 Å². The average molecular weight is 412 g/mol. The van der Waals surface area contributed by atoms with Gasteiger partial charge in [-0.1, -0.05) is 13.8 Å². The summed E-state index contributed by atoms with van der Waals surface area (Å²) >= 11 is 5.32. The van der Waals surface area contributed by atoms with Gasteiger partial charge in [0.15, 0.2) is 11.6 Å². The van der Waals surface area contributed by atoms with Crippen molar-refractivity contribution in [2.24, 2.45) is 0 Å². The Morgan fingerprint density at radius 1 is 1.00 bits per heavy atom. The average Bonchev–Trinajstić information content (AvgIpc) is 2.57. The molecule has 0 amide bonds. The topological polar surface area (TPSA) is 87.6 Å². The quantitative estimate of drug-likeness (QED) is 0.493. The monoisotopic (exact) mass is 412 g/mol. The van der Waals surface area contributed by atoms with E-state index in [9.17, 15) is 9.59 Å². The van der Waals surface area contributed by atoms with Gasteiger partial charge in [-0.15, -0.1) is 0 Å². The molecule has 0 atom stereocenters. The maximum absolute atomic E-state index is 10.3. The zero-order valence-electron chi connectivity index (χ0n) is 16.2. The molecule has 0 aromatic carbocycles. The molecule has 1 aromatic heterocycles. The highest BCUT2D eigenvalue weighted by molar-refractivity contribution is 8.07. The van der Waals surface area contributed by atoms with Gasteiger partial charge in [-0.2, -0.15) is 4.98 Å². The molecular weight excluding hydrogens is 387 g/mol. The first kappa shape index (κ1) is 23.3. The number of ketones is 2. The first-order chi connectivity index (χ1) is 12.7. The van der Waals surface area contributed by atoms with Gasteiger partial charge in [0.1, 0.15) is 5.82 Å². The fraction of sp³-hybridized carbons (Fsp3) is 0.444. The Morgan fingerprint density at radius 2 is 1.48 bits per heavy atom. The van der Waals surface area contributed by atoms with Gasteiger partial charge in [0.2, 0.25) is 5.88 Å². The van der Waals surface area contributed by atoms with Crippen LogP contribution in [0.15, 0.2) is 30.4 Å². The number of allylic oxidation sites excluding steroid dienone is 4. The highest BCUT2D eigenvalue weighted by Crippen LogP contribution is 2.49. The Bertz CT molecular complexity index is 729. The van der Waals surface area contributed by atoms with E-state index in [4.69, 9.17) is 25.4 Å². The summed E-state index contributed by atoms with van der Waals surface area (Å²) in [4.78, 5) is 29.3. The number of aromatic nitrogens is 2. The lowest BCUT2D eigenvalue weighted by atomic mass is 10.2. The molecular formula is C18H25N2O5PS. The molecule has 1 aromatic rings. The third-order valence-corrected chi connectivity index (χ3v) is 5.38. The van der Waals surface area contributed by atoms with Gasteiger partial charge in [0.25, 0.3) is 0 Å². The summed E-state index contributed by atoms with van der Waals surface area (Å²) in [5.74, 6) is 1.12. The van der Waals surface area contributed by atoms with Crippen LogP contribution >= 0.6 is 6.72 Å². The molecule has 0 fully saturated rings. The van der Waals surface area contributed by atoms with Crippen LogP contribution in [0.1, 0.15) is 45.1 Å². The summed E-state index contributed by atoms with van der Waals surface area (Å²) in [6, 6.07) is 1.74. The fourth-order valence-electron chi connectivity index (χ4n) is 1.83. The smallest absolute Gasteiger partial charge is 0.381 e. The van der Waals surface area contributed by atoms with Crippen molar-refractivity contribution in [2.75, 3.05) is 13.2 Å². The van der Waals surface area contributed by atoms with Gasteiger partial charge in [-0.25, -0.2) is 4.98 Å². The lowest BCUT2D eigenvalue weighted by molar-refractivity contribution is -0.113. The van der Waals surface area contributed by atoms with Gasteiger partial charge in [-0.05, 0) is 45.1 Å². The van der Waals surface area contributed by atoms with E-state index >= 15 is 0 Å². The number of aryl methyl sites for hydroxylation is 1. The molecule has 0 bridgehead atoms. The van der Waals surface area contributed by atoms with Crippen molar-refractivity contribution in [3.8, 4) is 5.88 Å². The minimum absolute atomic E-state index is 0.121. The molecule has 0 saturated heterocycles. The van der Waals surface area contributed by atoms with E-state index in [2.05, 4.69) is 9.97 Å². The van der Waals surface area contributed by atoms with Crippen LogP contribution in [0.5, 0.6) is 5.88 Å². The minimum Gasteiger partial charge on any atom is -0.406 e. The lowest BCUT2D eigenvalue weighted by Gasteiger charge is -2.20. The Labute approximate surface area is 165 Å². The van der Waals surface area contributed by atoms with E-state index in [1.165, 1.54) is 24.3 Å². The Hall–Kier alpha value is -1.73. The molecule has 1 heterocycles. The summed E-state index contributed by atoms with van der Waals surface area (Å²) in [6.07, 6.45) is 5.01. The highest BCUT2D eigenvalue weighted by Gasteiger charge is 2.22. The molecule has 0 N–H and O–H groups in total. The fourth-order valence-corrected chi connectivity index (χ4v) is 3.82. The Balaban J connectivity index is 0.000000377. The van der Waals surface area contributed by atoms with Crippen LogP contribution in [0.3, 0.4) is 0 Å². The Morgan fingerprint density at radius 3 is 1.89 bits per heavy atom. The van der Waals surface area contributed by atoms with Crippen LogP contribution in [0.25, 0.3) is 0 Å². The van der Waals surface area contributed by atoms with Gasteiger partial charge in [-0.3, -0.25) is 18.6 Å². The molecule has 1 aliphatic carbocycles. The van der Waals surface area contributed by atoms with Crippen molar-refractivity contribution in [3.63, 3.8) is 0 Å². The zero-order valence-corrected chi connectivity index (χ0v) is 17.9. The second kappa shape index (κ2) is 11.2. The van der Waals surface area contributed by atoms with Gasteiger partial charge in [0, 0.05) is 29.5 Å². The predicted octanol–water partition coefficient (Wildman–Crippen LogP) is 3.84. The van der Waals surface area contributed by atoms with Crippen molar-refractivity contribution in [1.82, 2.24) is 9.97 Å². The van der Waals surface area contributed by atoms with Crippen LogP contribution in [-0.2, 0) is 30.4 Å². The molecule has 0 aliphatic heterocycles. The molecule has 7 nitrogen and oxygen atoms in total. The van der Waals surface area contributed by atoms with E-state index in [-0.39, 0.29) is 17.5 Å². The van der Waals surface area contributed by atoms with E-state index in [1.807, 2.05) is 34.6 Å². The molecule has 0 unspecified atom stereocenters. The maximum Gasteiger partial charge on any atom is 0.381 e. The molecule has 148 valence electrons. The molecule has 2 rings (SSSR count). The first-order valence-corrected chi connectivity index (χ1v) is 11.1. The van der Waals surface area contributed by atoms with Crippen LogP contribution in [0.4, 0.5) is 0 Å².